The summed E-state index contributed by atoms with van der Waals surface area (Å²) in [7, 11) is 0. The van der Waals surface area contributed by atoms with E-state index in [0.29, 0.717) is 15.7 Å². The number of hydrogen-bond donors (Lipinski definition) is 2. The molecule has 0 aromatic heterocycles. The molecule has 0 aliphatic heterocycles. The standard InChI is InChI=1S/C14H12Cl2N2O/c15-10-4-6-12(7-5-10)18-14(19)9-17-13-3-1-2-11(16)8-13/h1-8,17H,9H2,(H,18,19). The van der Waals surface area contributed by atoms with Crippen LogP contribution in [0.5, 0.6) is 0 Å². The third kappa shape index (κ3) is 4.47. The van der Waals surface area contributed by atoms with Gasteiger partial charge in [-0.05, 0) is 42.5 Å². The minimum Gasteiger partial charge on any atom is -0.376 e. The first-order valence-corrected chi connectivity index (χ1v) is 6.44. The molecule has 0 aliphatic carbocycles. The monoisotopic (exact) mass is 294 g/mol. The molecule has 0 unspecified atom stereocenters. The Balaban J connectivity index is 1.86. The van der Waals surface area contributed by atoms with Crippen LogP contribution in [0.25, 0.3) is 0 Å². The van der Waals surface area contributed by atoms with Gasteiger partial charge in [-0.2, -0.15) is 0 Å². The molecular formula is C14H12Cl2N2O. The predicted molar refractivity (Wildman–Crippen MR) is 80.0 cm³/mol. The maximum absolute atomic E-state index is 11.7. The van der Waals surface area contributed by atoms with Gasteiger partial charge in [0.2, 0.25) is 5.91 Å². The van der Waals surface area contributed by atoms with Crippen molar-refractivity contribution in [2.24, 2.45) is 0 Å². The highest BCUT2D eigenvalue weighted by Gasteiger charge is 2.02. The molecule has 0 heterocycles. The van der Waals surface area contributed by atoms with Gasteiger partial charge < -0.3 is 10.6 Å². The second kappa shape index (κ2) is 6.45. The maximum Gasteiger partial charge on any atom is 0.243 e. The average Bonchev–Trinajstić information content (AvgIpc) is 2.39. The summed E-state index contributed by atoms with van der Waals surface area (Å²) in [5, 5.41) is 7.02. The van der Waals surface area contributed by atoms with E-state index in [1.54, 1.807) is 36.4 Å². The first-order chi connectivity index (χ1) is 9.13. The first-order valence-electron chi connectivity index (χ1n) is 5.68. The first kappa shape index (κ1) is 13.7. The van der Waals surface area contributed by atoms with E-state index >= 15 is 0 Å². The van der Waals surface area contributed by atoms with Gasteiger partial charge in [0.25, 0.3) is 0 Å². The summed E-state index contributed by atoms with van der Waals surface area (Å²) in [5.41, 5.74) is 1.51. The van der Waals surface area contributed by atoms with Crippen LogP contribution in [0.1, 0.15) is 0 Å². The van der Waals surface area contributed by atoms with Crippen molar-refractivity contribution in [3.8, 4) is 0 Å². The fourth-order valence-electron chi connectivity index (χ4n) is 1.52. The lowest BCUT2D eigenvalue weighted by molar-refractivity contribution is -0.114. The quantitative estimate of drug-likeness (QED) is 0.893. The van der Waals surface area contributed by atoms with Crippen molar-refractivity contribution in [3.63, 3.8) is 0 Å². The molecule has 2 rings (SSSR count). The molecule has 0 saturated carbocycles. The van der Waals surface area contributed by atoms with Gasteiger partial charge in [0.1, 0.15) is 0 Å². The Morgan fingerprint density at radius 2 is 1.68 bits per heavy atom. The van der Waals surface area contributed by atoms with Crippen LogP contribution in [-0.2, 0) is 4.79 Å². The van der Waals surface area contributed by atoms with E-state index in [9.17, 15) is 4.79 Å². The van der Waals surface area contributed by atoms with Crippen LogP contribution >= 0.6 is 23.2 Å². The molecular weight excluding hydrogens is 283 g/mol. The Morgan fingerprint density at radius 3 is 2.37 bits per heavy atom. The number of carbonyl (C=O) groups is 1. The molecule has 0 fully saturated rings. The maximum atomic E-state index is 11.7. The molecule has 5 heteroatoms. The molecule has 0 radical (unpaired) electrons. The molecule has 0 spiro atoms. The fourth-order valence-corrected chi connectivity index (χ4v) is 1.84. The van der Waals surface area contributed by atoms with E-state index in [2.05, 4.69) is 10.6 Å². The highest BCUT2D eigenvalue weighted by molar-refractivity contribution is 6.31. The van der Waals surface area contributed by atoms with E-state index in [0.717, 1.165) is 5.69 Å². The van der Waals surface area contributed by atoms with Crippen molar-refractivity contribution in [3.05, 3.63) is 58.6 Å². The van der Waals surface area contributed by atoms with Gasteiger partial charge in [0, 0.05) is 21.4 Å². The Bertz CT molecular complexity index is 570. The molecule has 2 aromatic carbocycles. The second-order valence-corrected chi connectivity index (χ2v) is 4.79. The summed E-state index contributed by atoms with van der Waals surface area (Å²) in [6.45, 7) is 0.170. The zero-order valence-corrected chi connectivity index (χ0v) is 11.5. The van der Waals surface area contributed by atoms with Crippen LogP contribution in [-0.4, -0.2) is 12.5 Å². The normalized spacial score (nSPS) is 10.0. The largest absolute Gasteiger partial charge is 0.376 e. The highest BCUT2D eigenvalue weighted by Crippen LogP contribution is 2.15. The summed E-state index contributed by atoms with van der Waals surface area (Å²) in [6.07, 6.45) is 0. The summed E-state index contributed by atoms with van der Waals surface area (Å²) in [4.78, 5) is 11.7. The number of carbonyl (C=O) groups excluding carboxylic acids is 1. The van der Waals surface area contributed by atoms with Gasteiger partial charge in [-0.25, -0.2) is 0 Å². The van der Waals surface area contributed by atoms with Crippen LogP contribution in [0.2, 0.25) is 10.0 Å². The second-order valence-electron chi connectivity index (χ2n) is 3.92. The molecule has 0 aliphatic rings. The fraction of sp³-hybridized carbons (Fsp3) is 0.0714. The molecule has 2 aromatic rings. The Kier molecular flexibility index (Phi) is 4.66. The van der Waals surface area contributed by atoms with Gasteiger partial charge in [0.05, 0.1) is 6.54 Å². The average molecular weight is 295 g/mol. The number of halogens is 2. The lowest BCUT2D eigenvalue weighted by Gasteiger charge is -2.08. The Labute approximate surface area is 121 Å². The molecule has 0 saturated heterocycles. The minimum absolute atomic E-state index is 0.137. The molecule has 1 amide bonds. The third-order valence-corrected chi connectivity index (χ3v) is 2.89. The smallest absolute Gasteiger partial charge is 0.243 e. The van der Waals surface area contributed by atoms with E-state index in [1.165, 1.54) is 0 Å². The number of anilines is 2. The van der Waals surface area contributed by atoms with E-state index in [4.69, 9.17) is 23.2 Å². The predicted octanol–water partition coefficient (Wildman–Crippen LogP) is 4.04. The van der Waals surface area contributed by atoms with E-state index in [-0.39, 0.29) is 12.5 Å². The van der Waals surface area contributed by atoms with Crippen LogP contribution in [0, 0.1) is 0 Å². The molecule has 2 N–H and O–H groups in total. The molecule has 3 nitrogen and oxygen atoms in total. The number of hydrogen-bond acceptors (Lipinski definition) is 2. The van der Waals surface area contributed by atoms with Crippen LogP contribution in [0.4, 0.5) is 11.4 Å². The van der Waals surface area contributed by atoms with Gasteiger partial charge >= 0.3 is 0 Å². The summed E-state index contributed by atoms with van der Waals surface area (Å²) >= 11 is 11.6. The number of benzene rings is 2. The summed E-state index contributed by atoms with van der Waals surface area (Å²) in [6, 6.07) is 14.2. The summed E-state index contributed by atoms with van der Waals surface area (Å²) in [5.74, 6) is -0.137. The van der Waals surface area contributed by atoms with Gasteiger partial charge in [-0.1, -0.05) is 29.3 Å². The van der Waals surface area contributed by atoms with Crippen LogP contribution in [0.15, 0.2) is 48.5 Å². The molecule has 0 atom stereocenters. The summed E-state index contributed by atoms with van der Waals surface area (Å²) < 4.78 is 0. The van der Waals surface area contributed by atoms with E-state index < -0.39 is 0 Å². The van der Waals surface area contributed by atoms with Crippen molar-refractivity contribution in [2.75, 3.05) is 17.2 Å². The highest BCUT2D eigenvalue weighted by atomic mass is 35.5. The SMILES string of the molecule is O=C(CNc1cccc(Cl)c1)Nc1ccc(Cl)cc1. The van der Waals surface area contributed by atoms with Gasteiger partial charge in [0.15, 0.2) is 0 Å². The Hall–Kier alpha value is -1.71. The van der Waals surface area contributed by atoms with Crippen molar-refractivity contribution >= 4 is 40.5 Å². The van der Waals surface area contributed by atoms with Gasteiger partial charge in [-0.15, -0.1) is 0 Å². The molecule has 0 bridgehead atoms. The van der Waals surface area contributed by atoms with E-state index in [1.807, 2.05) is 12.1 Å². The number of amides is 1. The van der Waals surface area contributed by atoms with Crippen molar-refractivity contribution < 1.29 is 4.79 Å². The zero-order valence-electron chi connectivity index (χ0n) is 9.99. The third-order valence-electron chi connectivity index (χ3n) is 2.41. The molecule has 98 valence electrons. The van der Waals surface area contributed by atoms with Crippen molar-refractivity contribution in [1.29, 1.82) is 0 Å². The molecule has 19 heavy (non-hydrogen) atoms. The number of rotatable bonds is 4. The van der Waals surface area contributed by atoms with Crippen molar-refractivity contribution in [2.45, 2.75) is 0 Å². The van der Waals surface area contributed by atoms with Crippen LogP contribution in [0.3, 0.4) is 0 Å². The lowest BCUT2D eigenvalue weighted by Crippen LogP contribution is -2.21. The van der Waals surface area contributed by atoms with Gasteiger partial charge in [-0.3, -0.25) is 4.79 Å². The number of nitrogens with one attached hydrogen (secondary N) is 2. The topological polar surface area (TPSA) is 41.1 Å². The van der Waals surface area contributed by atoms with Crippen molar-refractivity contribution in [1.82, 2.24) is 0 Å². The van der Waals surface area contributed by atoms with Crippen LogP contribution < -0.4 is 10.6 Å². The minimum atomic E-state index is -0.137. The lowest BCUT2D eigenvalue weighted by atomic mass is 10.3. The Morgan fingerprint density at radius 1 is 0.947 bits per heavy atom. The zero-order chi connectivity index (χ0) is 13.7.